The van der Waals surface area contributed by atoms with Crippen molar-refractivity contribution in [3.8, 4) is 0 Å². The number of nitrogens with zero attached hydrogens (tertiary/aromatic N) is 3. The van der Waals surface area contributed by atoms with Gasteiger partial charge in [-0.05, 0) is 26.3 Å². The predicted octanol–water partition coefficient (Wildman–Crippen LogP) is 3.28. The van der Waals surface area contributed by atoms with Gasteiger partial charge in [0.1, 0.15) is 10.6 Å². The molecule has 0 radical (unpaired) electrons. The molecule has 0 aliphatic carbocycles. The molecule has 0 aliphatic rings. The summed E-state index contributed by atoms with van der Waals surface area (Å²) in [5.41, 5.74) is 0. The van der Waals surface area contributed by atoms with Crippen molar-refractivity contribution in [1.82, 2.24) is 9.97 Å². The molecule has 2 rings (SSSR count). The second-order valence-corrected chi connectivity index (χ2v) is 5.62. The summed E-state index contributed by atoms with van der Waals surface area (Å²) in [5.74, 6) is 1.76. The molecule has 0 atom stereocenters. The number of thiophene rings is 1. The lowest BCUT2D eigenvalue weighted by atomic mass is 10.3. The molecule has 0 fully saturated rings. The molecule has 5 heteroatoms. The van der Waals surface area contributed by atoms with E-state index < -0.39 is 0 Å². The molecule has 2 aromatic rings. The first-order valence-corrected chi connectivity index (χ1v) is 7.20. The summed E-state index contributed by atoms with van der Waals surface area (Å²) in [5, 5.41) is 4.43. The van der Waals surface area contributed by atoms with Crippen LogP contribution in [0.15, 0.2) is 6.07 Å². The maximum atomic E-state index is 4.63. The average Bonchev–Trinajstić information content (AvgIpc) is 2.74. The van der Waals surface area contributed by atoms with Gasteiger partial charge in [0.15, 0.2) is 0 Å². The summed E-state index contributed by atoms with van der Waals surface area (Å²) in [6, 6.07) is 2.17. The van der Waals surface area contributed by atoms with Crippen molar-refractivity contribution in [3.63, 3.8) is 0 Å². The third-order valence-electron chi connectivity index (χ3n) is 2.86. The lowest BCUT2D eigenvalue weighted by Gasteiger charge is -2.17. The Kier molecular flexibility index (Phi) is 4.01. The molecule has 0 saturated heterocycles. The van der Waals surface area contributed by atoms with Gasteiger partial charge in [-0.1, -0.05) is 6.92 Å². The van der Waals surface area contributed by atoms with E-state index in [2.05, 4.69) is 54.1 Å². The van der Waals surface area contributed by atoms with Crippen molar-refractivity contribution in [2.75, 3.05) is 30.4 Å². The minimum absolute atomic E-state index is 0.738. The monoisotopic (exact) mass is 264 g/mol. The van der Waals surface area contributed by atoms with Gasteiger partial charge in [-0.2, -0.15) is 4.98 Å². The molecule has 1 N–H and O–H groups in total. The zero-order valence-corrected chi connectivity index (χ0v) is 12.3. The zero-order valence-electron chi connectivity index (χ0n) is 11.4. The van der Waals surface area contributed by atoms with Gasteiger partial charge >= 0.3 is 0 Å². The Labute approximate surface area is 112 Å². The fourth-order valence-corrected chi connectivity index (χ4v) is 2.66. The van der Waals surface area contributed by atoms with Crippen LogP contribution in [0.4, 0.5) is 11.8 Å². The van der Waals surface area contributed by atoms with E-state index in [4.69, 9.17) is 0 Å². The van der Waals surface area contributed by atoms with E-state index in [9.17, 15) is 0 Å². The maximum Gasteiger partial charge on any atom is 0.226 e. The smallest absolute Gasteiger partial charge is 0.226 e. The van der Waals surface area contributed by atoms with Gasteiger partial charge in [-0.15, -0.1) is 11.3 Å². The second-order valence-electron chi connectivity index (χ2n) is 4.39. The SMILES string of the molecule is CCCNc1nc(N(C)CC)c2cc(C)sc2n1. The second kappa shape index (κ2) is 5.52. The third kappa shape index (κ3) is 2.56. The van der Waals surface area contributed by atoms with E-state index in [1.54, 1.807) is 11.3 Å². The summed E-state index contributed by atoms with van der Waals surface area (Å²) < 4.78 is 0. The van der Waals surface area contributed by atoms with Crippen LogP contribution in [0.3, 0.4) is 0 Å². The molecule has 2 heterocycles. The Balaban J connectivity index is 2.49. The number of aryl methyl sites for hydroxylation is 1. The van der Waals surface area contributed by atoms with Gasteiger partial charge in [0, 0.05) is 25.0 Å². The quantitative estimate of drug-likeness (QED) is 0.900. The van der Waals surface area contributed by atoms with Crippen LogP contribution in [0.2, 0.25) is 0 Å². The number of rotatable bonds is 5. The van der Waals surface area contributed by atoms with Gasteiger partial charge in [-0.25, -0.2) is 4.98 Å². The third-order valence-corrected chi connectivity index (χ3v) is 3.81. The molecule has 0 aromatic carbocycles. The maximum absolute atomic E-state index is 4.63. The molecule has 0 unspecified atom stereocenters. The number of anilines is 2. The van der Waals surface area contributed by atoms with Crippen LogP contribution in [0.1, 0.15) is 25.1 Å². The van der Waals surface area contributed by atoms with E-state index >= 15 is 0 Å². The number of fused-ring (bicyclic) bond motifs is 1. The van der Waals surface area contributed by atoms with Crippen LogP contribution in [0.25, 0.3) is 10.2 Å². The number of hydrogen-bond donors (Lipinski definition) is 1. The van der Waals surface area contributed by atoms with Crippen LogP contribution in [-0.2, 0) is 0 Å². The van der Waals surface area contributed by atoms with Gasteiger partial charge in [-0.3, -0.25) is 0 Å². The number of aromatic nitrogens is 2. The Morgan fingerprint density at radius 1 is 1.33 bits per heavy atom. The van der Waals surface area contributed by atoms with Crippen molar-refractivity contribution in [2.45, 2.75) is 27.2 Å². The minimum Gasteiger partial charge on any atom is -0.359 e. The summed E-state index contributed by atoms with van der Waals surface area (Å²) >= 11 is 1.72. The van der Waals surface area contributed by atoms with Crippen molar-refractivity contribution in [3.05, 3.63) is 10.9 Å². The molecule has 0 saturated carbocycles. The first-order chi connectivity index (χ1) is 8.65. The van der Waals surface area contributed by atoms with Crippen molar-refractivity contribution >= 4 is 33.3 Å². The standard InChI is InChI=1S/C13H20N4S/c1-5-7-14-13-15-11(17(4)6-2)10-8-9(3)18-12(10)16-13/h8H,5-7H2,1-4H3,(H,14,15,16). The molecule has 0 amide bonds. The molecule has 98 valence electrons. The van der Waals surface area contributed by atoms with E-state index in [1.165, 1.54) is 4.88 Å². The normalized spacial score (nSPS) is 10.9. The first kappa shape index (κ1) is 13.1. The lowest BCUT2D eigenvalue weighted by molar-refractivity contribution is 0.924. The Morgan fingerprint density at radius 2 is 2.11 bits per heavy atom. The van der Waals surface area contributed by atoms with Crippen LogP contribution in [0, 0.1) is 6.92 Å². The van der Waals surface area contributed by atoms with Gasteiger partial charge in [0.05, 0.1) is 5.39 Å². The molecular weight excluding hydrogens is 244 g/mol. The topological polar surface area (TPSA) is 41.1 Å². The Morgan fingerprint density at radius 3 is 2.78 bits per heavy atom. The Bertz CT molecular complexity index is 535. The lowest BCUT2D eigenvalue weighted by Crippen LogP contribution is -2.18. The molecule has 0 bridgehead atoms. The molecule has 0 spiro atoms. The van der Waals surface area contributed by atoms with Crippen LogP contribution >= 0.6 is 11.3 Å². The number of nitrogens with one attached hydrogen (secondary N) is 1. The predicted molar refractivity (Wildman–Crippen MR) is 79.9 cm³/mol. The summed E-state index contributed by atoms with van der Waals surface area (Å²) in [6.45, 7) is 8.23. The van der Waals surface area contributed by atoms with Crippen LogP contribution in [-0.4, -0.2) is 30.1 Å². The number of hydrogen-bond acceptors (Lipinski definition) is 5. The molecule has 4 nitrogen and oxygen atoms in total. The van der Waals surface area contributed by atoms with E-state index in [0.29, 0.717) is 0 Å². The largest absolute Gasteiger partial charge is 0.359 e. The summed E-state index contributed by atoms with van der Waals surface area (Å²) in [7, 11) is 2.07. The van der Waals surface area contributed by atoms with Crippen molar-refractivity contribution in [1.29, 1.82) is 0 Å². The fourth-order valence-electron chi connectivity index (χ4n) is 1.78. The van der Waals surface area contributed by atoms with Crippen LogP contribution in [0.5, 0.6) is 0 Å². The van der Waals surface area contributed by atoms with E-state index in [1.807, 2.05) is 0 Å². The van der Waals surface area contributed by atoms with Crippen molar-refractivity contribution in [2.24, 2.45) is 0 Å². The Hall–Kier alpha value is -1.36. The highest BCUT2D eigenvalue weighted by Gasteiger charge is 2.12. The highest BCUT2D eigenvalue weighted by molar-refractivity contribution is 7.18. The van der Waals surface area contributed by atoms with Gasteiger partial charge in [0.2, 0.25) is 5.95 Å². The average molecular weight is 264 g/mol. The molecule has 2 aromatic heterocycles. The minimum atomic E-state index is 0.738. The highest BCUT2D eigenvalue weighted by atomic mass is 32.1. The molecule has 0 aliphatic heterocycles. The molecule has 18 heavy (non-hydrogen) atoms. The highest BCUT2D eigenvalue weighted by Crippen LogP contribution is 2.31. The summed E-state index contributed by atoms with van der Waals surface area (Å²) in [6.07, 6.45) is 1.07. The van der Waals surface area contributed by atoms with Crippen LogP contribution < -0.4 is 10.2 Å². The molecular formula is C13H20N4S. The van der Waals surface area contributed by atoms with Crippen molar-refractivity contribution < 1.29 is 0 Å². The first-order valence-electron chi connectivity index (χ1n) is 6.38. The van der Waals surface area contributed by atoms with Gasteiger partial charge < -0.3 is 10.2 Å². The summed E-state index contributed by atoms with van der Waals surface area (Å²) in [4.78, 5) is 13.7. The van der Waals surface area contributed by atoms with E-state index in [0.717, 1.165) is 41.5 Å². The zero-order chi connectivity index (χ0) is 13.1. The fraction of sp³-hybridized carbons (Fsp3) is 0.538. The van der Waals surface area contributed by atoms with Gasteiger partial charge in [0.25, 0.3) is 0 Å². The van der Waals surface area contributed by atoms with E-state index in [-0.39, 0.29) is 0 Å².